The molecule has 0 saturated carbocycles. The molecule has 4 aromatic rings. The molecule has 1 aromatic heterocycles. The van der Waals surface area contributed by atoms with Gasteiger partial charge >= 0.3 is 5.97 Å². The van der Waals surface area contributed by atoms with Gasteiger partial charge in [-0.25, -0.2) is 9.78 Å². The number of carbonyl (C=O) groups excluding carboxylic acids is 1. The quantitative estimate of drug-likeness (QED) is 0.517. The summed E-state index contributed by atoms with van der Waals surface area (Å²) in [6, 6.07) is 22.3. The highest BCUT2D eigenvalue weighted by molar-refractivity contribution is 5.87. The number of esters is 1. The zero-order valence-corrected chi connectivity index (χ0v) is 15.7. The van der Waals surface area contributed by atoms with Crippen LogP contribution >= 0.6 is 0 Å². The van der Waals surface area contributed by atoms with Crippen LogP contribution in [0, 0.1) is 0 Å². The number of benzene rings is 3. The molecular formula is C23H18N2O4. The minimum atomic E-state index is -0.489. The summed E-state index contributed by atoms with van der Waals surface area (Å²) in [6.45, 7) is -0.238. The van der Waals surface area contributed by atoms with Gasteiger partial charge < -0.3 is 14.6 Å². The summed E-state index contributed by atoms with van der Waals surface area (Å²) in [5, 5.41) is 11.5. The number of aromatic nitrogens is 2. The van der Waals surface area contributed by atoms with E-state index in [-0.39, 0.29) is 18.2 Å². The van der Waals surface area contributed by atoms with Crippen LogP contribution in [0.5, 0.6) is 11.6 Å². The lowest BCUT2D eigenvalue weighted by Crippen LogP contribution is -2.13. The first kappa shape index (κ1) is 18.4. The molecule has 1 heterocycles. The maximum absolute atomic E-state index is 11.5. The summed E-state index contributed by atoms with van der Waals surface area (Å²) in [5.41, 5.74) is 2.38. The summed E-state index contributed by atoms with van der Waals surface area (Å²) >= 11 is 0. The summed E-state index contributed by atoms with van der Waals surface area (Å²) in [5.74, 6) is 0.481. The van der Waals surface area contributed by atoms with Crippen molar-refractivity contribution in [2.24, 2.45) is 0 Å². The van der Waals surface area contributed by atoms with Crippen molar-refractivity contribution in [3.63, 3.8) is 0 Å². The van der Waals surface area contributed by atoms with E-state index >= 15 is 0 Å². The largest absolute Gasteiger partial charge is 0.508 e. The summed E-state index contributed by atoms with van der Waals surface area (Å²) < 4.78 is 10.2. The third-order valence-electron chi connectivity index (χ3n) is 4.42. The van der Waals surface area contributed by atoms with Crippen LogP contribution in [0.3, 0.4) is 0 Å². The fraction of sp³-hybridized carbons (Fsp3) is 0.0870. The minimum absolute atomic E-state index is 0.214. The zero-order valence-electron chi connectivity index (χ0n) is 15.7. The van der Waals surface area contributed by atoms with Gasteiger partial charge in [0.1, 0.15) is 5.75 Å². The Bertz CT molecular complexity index is 1180. The van der Waals surface area contributed by atoms with Crippen molar-refractivity contribution in [2.75, 3.05) is 13.7 Å². The molecule has 0 saturated heterocycles. The molecule has 0 spiro atoms. The van der Waals surface area contributed by atoms with Crippen molar-refractivity contribution in [2.45, 2.75) is 0 Å². The lowest BCUT2D eigenvalue weighted by atomic mass is 10.1. The fourth-order valence-corrected chi connectivity index (χ4v) is 2.95. The lowest BCUT2D eigenvalue weighted by Gasteiger charge is -2.10. The van der Waals surface area contributed by atoms with Crippen LogP contribution in [0.1, 0.15) is 0 Å². The Kier molecular flexibility index (Phi) is 5.07. The maximum Gasteiger partial charge on any atom is 0.343 e. The van der Waals surface area contributed by atoms with Gasteiger partial charge in [0.15, 0.2) is 12.4 Å². The second kappa shape index (κ2) is 7.98. The van der Waals surface area contributed by atoms with E-state index in [1.165, 1.54) is 7.11 Å². The average molecular weight is 386 g/mol. The Morgan fingerprint density at radius 2 is 1.66 bits per heavy atom. The number of fused-ring (bicyclic) bond motifs is 1. The van der Waals surface area contributed by atoms with E-state index in [1.54, 1.807) is 18.2 Å². The lowest BCUT2D eigenvalue weighted by molar-refractivity contribution is -0.143. The molecule has 0 unspecified atom stereocenters. The summed E-state index contributed by atoms with van der Waals surface area (Å²) in [7, 11) is 1.30. The highest BCUT2D eigenvalue weighted by Gasteiger charge is 2.12. The minimum Gasteiger partial charge on any atom is -0.508 e. The van der Waals surface area contributed by atoms with Gasteiger partial charge in [-0.15, -0.1) is 0 Å². The first-order chi connectivity index (χ1) is 14.1. The second-order valence-corrected chi connectivity index (χ2v) is 6.39. The average Bonchev–Trinajstić information content (AvgIpc) is 2.77. The van der Waals surface area contributed by atoms with Crippen LogP contribution < -0.4 is 4.74 Å². The molecule has 0 atom stereocenters. The third kappa shape index (κ3) is 4.16. The van der Waals surface area contributed by atoms with Crippen LogP contribution in [0.4, 0.5) is 0 Å². The molecule has 3 aromatic carbocycles. The first-order valence-corrected chi connectivity index (χ1v) is 8.99. The molecule has 29 heavy (non-hydrogen) atoms. The number of nitrogens with zero attached hydrogens (tertiary/aromatic N) is 2. The normalized spacial score (nSPS) is 10.7. The Balaban J connectivity index is 1.79. The Morgan fingerprint density at radius 1 is 0.897 bits per heavy atom. The Morgan fingerprint density at radius 3 is 2.45 bits per heavy atom. The number of methoxy groups -OCH3 is 1. The summed E-state index contributed by atoms with van der Waals surface area (Å²) in [6.07, 6.45) is 0. The number of rotatable bonds is 5. The topological polar surface area (TPSA) is 81.5 Å². The van der Waals surface area contributed by atoms with Gasteiger partial charge in [-0.1, -0.05) is 48.5 Å². The van der Waals surface area contributed by atoms with E-state index in [1.807, 2.05) is 54.6 Å². The molecule has 0 aliphatic carbocycles. The van der Waals surface area contributed by atoms with E-state index in [4.69, 9.17) is 4.74 Å². The number of hydrogen-bond donors (Lipinski definition) is 1. The number of phenols is 1. The van der Waals surface area contributed by atoms with Crippen LogP contribution in [0.15, 0.2) is 72.8 Å². The van der Waals surface area contributed by atoms with Crippen molar-refractivity contribution in [1.29, 1.82) is 0 Å². The number of carbonyl (C=O) groups is 1. The van der Waals surface area contributed by atoms with Crippen LogP contribution in [-0.2, 0) is 9.53 Å². The first-order valence-electron chi connectivity index (χ1n) is 8.99. The monoisotopic (exact) mass is 386 g/mol. The highest BCUT2D eigenvalue weighted by Crippen LogP contribution is 2.28. The number of ether oxygens (including phenoxy) is 2. The second-order valence-electron chi connectivity index (χ2n) is 6.39. The van der Waals surface area contributed by atoms with E-state index in [2.05, 4.69) is 14.7 Å². The molecule has 6 nitrogen and oxygen atoms in total. The molecule has 0 aliphatic heterocycles. The van der Waals surface area contributed by atoms with Crippen molar-refractivity contribution >= 4 is 16.7 Å². The van der Waals surface area contributed by atoms with Gasteiger partial charge in [0.25, 0.3) is 0 Å². The molecule has 1 N–H and O–H groups in total. The molecule has 6 heteroatoms. The van der Waals surface area contributed by atoms with Crippen LogP contribution in [0.25, 0.3) is 33.4 Å². The summed E-state index contributed by atoms with van der Waals surface area (Å²) in [4.78, 5) is 20.6. The van der Waals surface area contributed by atoms with E-state index < -0.39 is 5.97 Å². The van der Waals surface area contributed by atoms with Crippen molar-refractivity contribution in [1.82, 2.24) is 9.97 Å². The standard InChI is InChI=1S/C23H18N2O4/c1-28-22(27)14-29-21-13-20(15-5-3-2-4-6-15)24-23(25-21)18-8-7-17-12-19(26)10-9-16(17)11-18/h2-13,26H,14H2,1H3. The van der Waals surface area contributed by atoms with Gasteiger partial charge in [0.05, 0.1) is 12.8 Å². The van der Waals surface area contributed by atoms with E-state index in [9.17, 15) is 9.90 Å². The van der Waals surface area contributed by atoms with Crippen molar-refractivity contribution in [3.05, 3.63) is 72.8 Å². The molecule has 0 fully saturated rings. The SMILES string of the molecule is COC(=O)COc1cc(-c2ccccc2)nc(-c2ccc3cc(O)ccc3c2)n1. The van der Waals surface area contributed by atoms with E-state index in [0.717, 1.165) is 21.9 Å². The third-order valence-corrected chi connectivity index (χ3v) is 4.42. The smallest absolute Gasteiger partial charge is 0.343 e. The molecular weight excluding hydrogens is 368 g/mol. The predicted molar refractivity (Wildman–Crippen MR) is 110 cm³/mol. The molecule has 0 aliphatic rings. The number of hydrogen-bond acceptors (Lipinski definition) is 6. The van der Waals surface area contributed by atoms with Gasteiger partial charge in [-0.05, 0) is 29.0 Å². The molecule has 144 valence electrons. The highest BCUT2D eigenvalue weighted by atomic mass is 16.6. The molecule has 0 radical (unpaired) electrons. The van der Waals surface area contributed by atoms with Crippen molar-refractivity contribution in [3.8, 4) is 34.3 Å². The number of phenolic OH excluding ortho intramolecular Hbond substituents is 1. The fourth-order valence-electron chi connectivity index (χ4n) is 2.95. The van der Waals surface area contributed by atoms with Gasteiger partial charge in [0, 0.05) is 17.2 Å². The van der Waals surface area contributed by atoms with Gasteiger partial charge in [-0.2, -0.15) is 4.98 Å². The van der Waals surface area contributed by atoms with Gasteiger partial charge in [-0.3, -0.25) is 0 Å². The molecule has 4 rings (SSSR count). The maximum atomic E-state index is 11.5. The number of aromatic hydroxyl groups is 1. The molecule has 0 bridgehead atoms. The van der Waals surface area contributed by atoms with Crippen molar-refractivity contribution < 1.29 is 19.4 Å². The van der Waals surface area contributed by atoms with E-state index in [0.29, 0.717) is 11.5 Å². The Hall–Kier alpha value is -3.93. The van der Waals surface area contributed by atoms with Crippen LogP contribution in [-0.4, -0.2) is 34.8 Å². The predicted octanol–water partition coefficient (Wildman–Crippen LogP) is 4.22. The zero-order chi connectivity index (χ0) is 20.2. The molecule has 0 amide bonds. The van der Waals surface area contributed by atoms with Gasteiger partial charge in [0.2, 0.25) is 5.88 Å². The Labute approximate surface area is 167 Å². The van der Waals surface area contributed by atoms with Crippen LogP contribution in [0.2, 0.25) is 0 Å².